The highest BCUT2D eigenvalue weighted by Gasteiger charge is 2.08. The number of hydrogen-bond donors (Lipinski definition) is 1. The lowest BCUT2D eigenvalue weighted by Gasteiger charge is -2.09. The van der Waals surface area contributed by atoms with Crippen LogP contribution < -0.4 is 9.47 Å². The molecule has 1 aromatic rings. The van der Waals surface area contributed by atoms with Crippen molar-refractivity contribution in [1.82, 2.24) is 0 Å². The summed E-state index contributed by atoms with van der Waals surface area (Å²) in [5.74, 6) is 2.22. The SMILES string of the molecule is COc1cc(C=CCS)cc(OC)c1Br. The van der Waals surface area contributed by atoms with Gasteiger partial charge in [0.1, 0.15) is 16.0 Å². The summed E-state index contributed by atoms with van der Waals surface area (Å²) >= 11 is 7.52. The molecule has 0 fully saturated rings. The molecule has 0 heterocycles. The number of ether oxygens (including phenoxy) is 2. The molecule has 0 aromatic heterocycles. The van der Waals surface area contributed by atoms with E-state index in [9.17, 15) is 0 Å². The summed E-state index contributed by atoms with van der Waals surface area (Å²) in [6.45, 7) is 0. The quantitative estimate of drug-likeness (QED) is 0.856. The fourth-order valence-electron chi connectivity index (χ4n) is 1.17. The number of rotatable bonds is 4. The molecule has 0 bridgehead atoms. The van der Waals surface area contributed by atoms with Gasteiger partial charge in [0.15, 0.2) is 0 Å². The highest BCUT2D eigenvalue weighted by Crippen LogP contribution is 2.35. The minimum Gasteiger partial charge on any atom is -0.495 e. The van der Waals surface area contributed by atoms with Crippen molar-refractivity contribution in [1.29, 1.82) is 0 Å². The van der Waals surface area contributed by atoms with Gasteiger partial charge in [-0.15, -0.1) is 0 Å². The van der Waals surface area contributed by atoms with Crippen LogP contribution in [0.5, 0.6) is 11.5 Å². The molecule has 0 aliphatic heterocycles. The second-order valence-corrected chi connectivity index (χ2v) is 3.98. The first-order valence-electron chi connectivity index (χ1n) is 4.41. The predicted molar refractivity (Wildman–Crippen MR) is 70.1 cm³/mol. The van der Waals surface area contributed by atoms with Gasteiger partial charge in [-0.05, 0) is 33.6 Å². The summed E-state index contributed by atoms with van der Waals surface area (Å²) in [6.07, 6.45) is 3.94. The first kappa shape index (κ1) is 12.5. The van der Waals surface area contributed by atoms with Crippen LogP contribution >= 0.6 is 28.6 Å². The average molecular weight is 289 g/mol. The standard InChI is InChI=1S/C11H13BrO2S/c1-13-9-6-8(4-3-5-15)7-10(14-2)11(9)12/h3-4,6-7,15H,5H2,1-2H3. The van der Waals surface area contributed by atoms with E-state index in [0.717, 1.165) is 21.5 Å². The Morgan fingerprint density at radius 1 is 1.27 bits per heavy atom. The minimum absolute atomic E-state index is 0.709. The Labute approximate surface area is 104 Å². The Balaban J connectivity index is 3.14. The van der Waals surface area contributed by atoms with Crippen molar-refractivity contribution in [2.45, 2.75) is 0 Å². The van der Waals surface area contributed by atoms with Gasteiger partial charge >= 0.3 is 0 Å². The first-order valence-corrected chi connectivity index (χ1v) is 5.84. The van der Waals surface area contributed by atoms with Gasteiger partial charge < -0.3 is 9.47 Å². The molecule has 1 aromatic carbocycles. The number of thiol groups is 1. The van der Waals surface area contributed by atoms with Gasteiger partial charge in [-0.3, -0.25) is 0 Å². The van der Waals surface area contributed by atoms with Crippen LogP contribution in [0.25, 0.3) is 6.08 Å². The molecule has 0 aliphatic carbocycles. The number of benzene rings is 1. The number of hydrogen-bond acceptors (Lipinski definition) is 3. The van der Waals surface area contributed by atoms with Gasteiger partial charge in [-0.1, -0.05) is 12.2 Å². The van der Waals surface area contributed by atoms with Crippen molar-refractivity contribution in [3.8, 4) is 11.5 Å². The second-order valence-electron chi connectivity index (χ2n) is 2.82. The maximum atomic E-state index is 5.23. The molecule has 1 rings (SSSR count). The smallest absolute Gasteiger partial charge is 0.137 e. The molecule has 0 unspecified atom stereocenters. The average Bonchev–Trinajstić information content (AvgIpc) is 2.27. The van der Waals surface area contributed by atoms with Crippen molar-refractivity contribution in [2.75, 3.05) is 20.0 Å². The van der Waals surface area contributed by atoms with Crippen molar-refractivity contribution in [3.05, 3.63) is 28.2 Å². The molecule has 0 spiro atoms. The van der Waals surface area contributed by atoms with Crippen molar-refractivity contribution >= 4 is 34.6 Å². The third-order valence-corrected chi connectivity index (χ3v) is 2.88. The first-order chi connectivity index (χ1) is 7.22. The zero-order chi connectivity index (χ0) is 11.3. The summed E-state index contributed by atoms with van der Waals surface area (Å²) in [7, 11) is 3.26. The van der Waals surface area contributed by atoms with Crippen LogP contribution in [0.3, 0.4) is 0 Å². The molecule has 0 saturated carbocycles. The van der Waals surface area contributed by atoms with Crippen molar-refractivity contribution in [2.24, 2.45) is 0 Å². The normalized spacial score (nSPS) is 10.7. The summed E-state index contributed by atoms with van der Waals surface area (Å²) in [5, 5.41) is 0. The van der Waals surface area contributed by atoms with Crippen LogP contribution in [0.2, 0.25) is 0 Å². The highest BCUT2D eigenvalue weighted by atomic mass is 79.9. The molecule has 4 heteroatoms. The van der Waals surface area contributed by atoms with Crippen LogP contribution in [0.1, 0.15) is 5.56 Å². The molecule has 0 N–H and O–H groups in total. The van der Waals surface area contributed by atoms with E-state index >= 15 is 0 Å². The lowest BCUT2D eigenvalue weighted by Crippen LogP contribution is -1.91. The fourth-order valence-corrected chi connectivity index (χ4v) is 1.83. The van der Waals surface area contributed by atoms with Crippen molar-refractivity contribution in [3.63, 3.8) is 0 Å². The second kappa shape index (κ2) is 6.08. The third kappa shape index (κ3) is 3.18. The van der Waals surface area contributed by atoms with E-state index in [1.54, 1.807) is 14.2 Å². The molecule has 82 valence electrons. The zero-order valence-corrected chi connectivity index (χ0v) is 11.1. The topological polar surface area (TPSA) is 18.5 Å². The summed E-state index contributed by atoms with van der Waals surface area (Å²) in [4.78, 5) is 0. The molecule has 0 aliphatic rings. The Morgan fingerprint density at radius 2 is 1.80 bits per heavy atom. The largest absolute Gasteiger partial charge is 0.495 e. The van der Waals surface area contributed by atoms with Crippen LogP contribution in [0.4, 0.5) is 0 Å². The maximum absolute atomic E-state index is 5.23. The summed E-state index contributed by atoms with van der Waals surface area (Å²) in [6, 6.07) is 3.87. The molecule has 15 heavy (non-hydrogen) atoms. The van der Waals surface area contributed by atoms with E-state index in [-0.39, 0.29) is 0 Å². The van der Waals surface area contributed by atoms with E-state index in [0.29, 0.717) is 5.75 Å². The zero-order valence-electron chi connectivity index (χ0n) is 8.66. The van der Waals surface area contributed by atoms with Crippen LogP contribution in [-0.4, -0.2) is 20.0 Å². The summed E-state index contributed by atoms with van der Waals surface area (Å²) in [5.41, 5.74) is 1.03. The van der Waals surface area contributed by atoms with Crippen LogP contribution in [0.15, 0.2) is 22.7 Å². The van der Waals surface area contributed by atoms with E-state index in [2.05, 4.69) is 28.6 Å². The van der Waals surface area contributed by atoms with Gasteiger partial charge in [-0.2, -0.15) is 12.6 Å². The van der Waals surface area contributed by atoms with Crippen LogP contribution in [-0.2, 0) is 0 Å². The number of halogens is 1. The minimum atomic E-state index is 0.709. The van der Waals surface area contributed by atoms with Gasteiger partial charge in [-0.25, -0.2) is 0 Å². The molecule has 0 radical (unpaired) electrons. The molecule has 2 nitrogen and oxygen atoms in total. The van der Waals surface area contributed by atoms with Gasteiger partial charge in [0, 0.05) is 5.75 Å². The molecule has 0 saturated heterocycles. The van der Waals surface area contributed by atoms with Gasteiger partial charge in [0.25, 0.3) is 0 Å². The molecular weight excluding hydrogens is 276 g/mol. The molecular formula is C11H13BrO2S. The highest BCUT2D eigenvalue weighted by molar-refractivity contribution is 9.10. The third-order valence-electron chi connectivity index (χ3n) is 1.88. The monoisotopic (exact) mass is 288 g/mol. The van der Waals surface area contributed by atoms with Gasteiger partial charge in [0.2, 0.25) is 0 Å². The number of methoxy groups -OCH3 is 2. The summed E-state index contributed by atoms with van der Waals surface area (Å²) < 4.78 is 11.3. The lowest BCUT2D eigenvalue weighted by molar-refractivity contribution is 0.389. The van der Waals surface area contributed by atoms with E-state index < -0.39 is 0 Å². The van der Waals surface area contributed by atoms with E-state index in [4.69, 9.17) is 9.47 Å². The van der Waals surface area contributed by atoms with E-state index in [1.165, 1.54) is 0 Å². The van der Waals surface area contributed by atoms with Crippen LogP contribution in [0, 0.1) is 0 Å². The van der Waals surface area contributed by atoms with E-state index in [1.807, 2.05) is 24.3 Å². The lowest BCUT2D eigenvalue weighted by atomic mass is 10.2. The Hall–Kier alpha value is -0.610. The molecule has 0 atom stereocenters. The Kier molecular flexibility index (Phi) is 5.05. The van der Waals surface area contributed by atoms with Gasteiger partial charge in [0.05, 0.1) is 14.2 Å². The van der Waals surface area contributed by atoms with Crippen molar-refractivity contribution < 1.29 is 9.47 Å². The Bertz CT molecular complexity index is 339. The molecule has 0 amide bonds. The fraction of sp³-hybridized carbons (Fsp3) is 0.273. The predicted octanol–water partition coefficient (Wildman–Crippen LogP) is 3.41. The maximum Gasteiger partial charge on any atom is 0.137 e. The Morgan fingerprint density at radius 3 is 2.20 bits per heavy atom.